The third-order valence-electron chi connectivity index (χ3n) is 3.23. The Kier molecular flexibility index (Phi) is 3.59. The maximum absolute atomic E-state index is 11.9. The van der Waals surface area contributed by atoms with Crippen LogP contribution in [0.2, 0.25) is 0 Å². The Bertz CT molecular complexity index is 335. The van der Waals surface area contributed by atoms with Gasteiger partial charge in [0, 0.05) is 0 Å². The number of urea groups is 1. The highest BCUT2D eigenvalue weighted by Gasteiger charge is 2.48. The van der Waals surface area contributed by atoms with Gasteiger partial charge in [-0.3, -0.25) is 20.2 Å². The van der Waals surface area contributed by atoms with Crippen molar-refractivity contribution in [2.24, 2.45) is 10.8 Å². The third kappa shape index (κ3) is 2.84. The van der Waals surface area contributed by atoms with E-state index in [1.165, 1.54) is 0 Å². The zero-order valence-electron chi connectivity index (χ0n) is 10.8. The first kappa shape index (κ1) is 13.7. The van der Waals surface area contributed by atoms with Crippen LogP contribution < -0.4 is 10.6 Å². The summed E-state index contributed by atoms with van der Waals surface area (Å²) < 4.78 is 0. The number of rotatable bonds is 3. The van der Waals surface area contributed by atoms with E-state index in [0.29, 0.717) is 12.8 Å². The summed E-state index contributed by atoms with van der Waals surface area (Å²) in [7, 11) is 0. The molecule has 5 heteroatoms. The van der Waals surface area contributed by atoms with E-state index >= 15 is 0 Å². The summed E-state index contributed by atoms with van der Waals surface area (Å²) in [5.74, 6) is -0.948. The van der Waals surface area contributed by atoms with E-state index in [4.69, 9.17) is 0 Å². The van der Waals surface area contributed by atoms with Gasteiger partial charge in [0.1, 0.15) is 5.41 Å². The Morgan fingerprint density at radius 1 is 1.06 bits per heavy atom. The van der Waals surface area contributed by atoms with Crippen molar-refractivity contribution in [3.8, 4) is 0 Å². The van der Waals surface area contributed by atoms with E-state index in [-0.39, 0.29) is 5.41 Å². The molecular weight excluding hydrogens is 220 g/mol. The van der Waals surface area contributed by atoms with Crippen LogP contribution in [0.5, 0.6) is 0 Å². The van der Waals surface area contributed by atoms with E-state index in [2.05, 4.69) is 31.4 Å². The van der Waals surface area contributed by atoms with Crippen molar-refractivity contribution in [1.29, 1.82) is 0 Å². The lowest BCUT2D eigenvalue weighted by Gasteiger charge is -2.34. The Balaban J connectivity index is 2.90. The molecule has 2 N–H and O–H groups in total. The minimum absolute atomic E-state index is 0.0458. The second-order valence-corrected chi connectivity index (χ2v) is 5.73. The number of carbonyl (C=O) groups is 3. The molecule has 1 saturated heterocycles. The van der Waals surface area contributed by atoms with E-state index in [0.717, 1.165) is 6.42 Å². The summed E-state index contributed by atoms with van der Waals surface area (Å²) in [5, 5.41) is 4.36. The molecule has 1 aliphatic heterocycles. The van der Waals surface area contributed by atoms with Crippen molar-refractivity contribution in [2.75, 3.05) is 0 Å². The van der Waals surface area contributed by atoms with Gasteiger partial charge >= 0.3 is 6.03 Å². The van der Waals surface area contributed by atoms with E-state index in [1.54, 1.807) is 6.92 Å². The normalized spacial score (nSPS) is 19.9. The summed E-state index contributed by atoms with van der Waals surface area (Å²) >= 11 is 0. The van der Waals surface area contributed by atoms with Gasteiger partial charge in [-0.25, -0.2) is 4.79 Å². The molecule has 17 heavy (non-hydrogen) atoms. The number of hydrogen-bond acceptors (Lipinski definition) is 3. The molecule has 0 aromatic heterocycles. The van der Waals surface area contributed by atoms with Crippen LogP contribution >= 0.6 is 0 Å². The highest BCUT2D eigenvalue weighted by Crippen LogP contribution is 2.35. The molecule has 0 radical (unpaired) electrons. The van der Waals surface area contributed by atoms with Crippen molar-refractivity contribution in [2.45, 2.75) is 47.0 Å². The number of carbonyl (C=O) groups excluding carboxylic acids is 3. The molecule has 0 aliphatic carbocycles. The number of amides is 4. The third-order valence-corrected chi connectivity index (χ3v) is 3.23. The van der Waals surface area contributed by atoms with Crippen molar-refractivity contribution in [3.05, 3.63) is 0 Å². The van der Waals surface area contributed by atoms with Crippen LogP contribution in [-0.2, 0) is 9.59 Å². The highest BCUT2D eigenvalue weighted by molar-refractivity contribution is 6.19. The van der Waals surface area contributed by atoms with Crippen LogP contribution in [0.25, 0.3) is 0 Å². The molecule has 0 bridgehead atoms. The summed E-state index contributed by atoms with van der Waals surface area (Å²) in [5.41, 5.74) is -1.05. The zero-order valence-corrected chi connectivity index (χ0v) is 10.8. The van der Waals surface area contributed by atoms with E-state index < -0.39 is 23.3 Å². The lowest BCUT2D eigenvalue weighted by molar-refractivity contribution is -0.145. The van der Waals surface area contributed by atoms with E-state index in [1.807, 2.05) is 0 Å². The second kappa shape index (κ2) is 4.47. The lowest BCUT2D eigenvalue weighted by Crippen LogP contribution is -2.62. The smallest absolute Gasteiger partial charge is 0.277 e. The molecular formula is C12H20N2O3. The lowest BCUT2D eigenvalue weighted by atomic mass is 9.73. The van der Waals surface area contributed by atoms with Crippen molar-refractivity contribution in [1.82, 2.24) is 10.6 Å². The first-order valence-electron chi connectivity index (χ1n) is 5.88. The largest absolute Gasteiger partial charge is 0.328 e. The molecule has 0 atom stereocenters. The topological polar surface area (TPSA) is 75.3 Å². The summed E-state index contributed by atoms with van der Waals surface area (Å²) in [6.45, 7) is 7.96. The van der Waals surface area contributed by atoms with Crippen molar-refractivity contribution in [3.63, 3.8) is 0 Å². The van der Waals surface area contributed by atoms with Crippen LogP contribution in [0, 0.1) is 10.8 Å². The first-order valence-corrected chi connectivity index (χ1v) is 5.88. The quantitative estimate of drug-likeness (QED) is 0.735. The van der Waals surface area contributed by atoms with Gasteiger partial charge in [-0.05, 0) is 24.7 Å². The van der Waals surface area contributed by atoms with Crippen LogP contribution in [0.3, 0.4) is 0 Å². The fourth-order valence-electron chi connectivity index (χ4n) is 1.89. The average molecular weight is 240 g/mol. The minimum atomic E-state index is -1.10. The maximum Gasteiger partial charge on any atom is 0.328 e. The van der Waals surface area contributed by atoms with Gasteiger partial charge in [-0.1, -0.05) is 27.7 Å². The molecule has 0 spiro atoms. The predicted octanol–water partition coefficient (Wildman–Crippen LogP) is 1.58. The number of imide groups is 2. The van der Waals surface area contributed by atoms with Crippen molar-refractivity contribution < 1.29 is 14.4 Å². The summed E-state index contributed by atoms with van der Waals surface area (Å²) in [4.78, 5) is 34.8. The Hall–Kier alpha value is -1.39. The molecule has 0 aromatic carbocycles. The molecule has 1 heterocycles. The predicted molar refractivity (Wildman–Crippen MR) is 63.1 cm³/mol. The fraction of sp³-hybridized carbons (Fsp3) is 0.750. The SMILES string of the molecule is CCC1(CCC(C)(C)C)C(=O)NC(=O)NC1=O. The molecule has 0 saturated carbocycles. The van der Waals surface area contributed by atoms with Crippen LogP contribution in [0.4, 0.5) is 4.79 Å². The van der Waals surface area contributed by atoms with Gasteiger partial charge in [0.05, 0.1) is 0 Å². The molecule has 96 valence electrons. The van der Waals surface area contributed by atoms with Gasteiger partial charge in [0.2, 0.25) is 11.8 Å². The Labute approximate surface area is 101 Å². The van der Waals surface area contributed by atoms with Gasteiger partial charge in [0.15, 0.2) is 0 Å². The Morgan fingerprint density at radius 3 is 1.88 bits per heavy atom. The second-order valence-electron chi connectivity index (χ2n) is 5.73. The van der Waals surface area contributed by atoms with Gasteiger partial charge in [0.25, 0.3) is 0 Å². The zero-order chi connectivity index (χ0) is 13.3. The van der Waals surface area contributed by atoms with Gasteiger partial charge < -0.3 is 0 Å². The van der Waals surface area contributed by atoms with Gasteiger partial charge in [-0.15, -0.1) is 0 Å². The van der Waals surface area contributed by atoms with Crippen LogP contribution in [0.15, 0.2) is 0 Å². The Morgan fingerprint density at radius 2 is 1.53 bits per heavy atom. The van der Waals surface area contributed by atoms with Crippen LogP contribution in [-0.4, -0.2) is 17.8 Å². The molecule has 1 aliphatic rings. The minimum Gasteiger partial charge on any atom is -0.277 e. The maximum atomic E-state index is 11.9. The molecule has 4 amide bonds. The van der Waals surface area contributed by atoms with Crippen molar-refractivity contribution >= 4 is 17.8 Å². The standard InChI is InChI=1S/C12H20N2O3/c1-5-12(7-6-11(2,3)4)8(15)13-10(17)14-9(12)16/h5-7H2,1-4H3,(H2,13,14,15,16,17). The molecule has 0 unspecified atom stereocenters. The van der Waals surface area contributed by atoms with Gasteiger partial charge in [-0.2, -0.15) is 0 Å². The summed E-state index contributed by atoms with van der Waals surface area (Å²) in [6.07, 6.45) is 1.60. The molecule has 1 rings (SSSR count). The highest BCUT2D eigenvalue weighted by atomic mass is 16.2. The average Bonchev–Trinajstić information content (AvgIpc) is 2.15. The number of hydrogen-bond donors (Lipinski definition) is 2. The molecule has 5 nitrogen and oxygen atoms in total. The summed E-state index contributed by atoms with van der Waals surface area (Å²) in [6, 6.07) is -0.722. The van der Waals surface area contributed by atoms with Crippen LogP contribution in [0.1, 0.15) is 47.0 Å². The first-order chi connectivity index (χ1) is 7.71. The molecule has 1 fully saturated rings. The number of nitrogens with one attached hydrogen (secondary N) is 2. The van der Waals surface area contributed by atoms with E-state index in [9.17, 15) is 14.4 Å². The molecule has 0 aromatic rings. The fourth-order valence-corrected chi connectivity index (χ4v) is 1.89. The number of barbiturate groups is 1. The monoisotopic (exact) mass is 240 g/mol.